The van der Waals surface area contributed by atoms with Crippen molar-refractivity contribution in [2.24, 2.45) is 17.3 Å². The fourth-order valence-corrected chi connectivity index (χ4v) is 6.83. The number of carbonyl (C=O) groups is 3. The summed E-state index contributed by atoms with van der Waals surface area (Å²) in [7, 11) is 3.75. The first-order valence-corrected chi connectivity index (χ1v) is 18.5. The molecule has 41 heavy (non-hydrogen) atoms. The second-order valence-corrected chi connectivity index (χ2v) is 15.4. The van der Waals surface area contributed by atoms with Gasteiger partial charge in [-0.2, -0.15) is 0 Å². The molecule has 0 aromatic carbocycles. The Balaban J connectivity index is 2.32. The fourth-order valence-electron chi connectivity index (χ4n) is 4.37. The molecule has 1 rings (SSSR count). The zero-order chi connectivity index (χ0) is 30.7. The van der Waals surface area contributed by atoms with Gasteiger partial charge in [0.2, 0.25) is 11.8 Å². The quantitative estimate of drug-likeness (QED) is 0.0491. The van der Waals surface area contributed by atoms with Crippen molar-refractivity contribution in [1.29, 1.82) is 0 Å². The molecule has 2 unspecified atom stereocenters. The topological polar surface area (TPSA) is 91.4 Å². The molecule has 1 aliphatic heterocycles. The Morgan fingerprint density at radius 3 is 2.24 bits per heavy atom. The molecule has 0 bridgehead atoms. The molecule has 9 nitrogen and oxygen atoms in total. The predicted octanol–water partition coefficient (Wildman–Crippen LogP) is 1.12. The van der Waals surface area contributed by atoms with Crippen molar-refractivity contribution in [2.45, 2.75) is 79.6 Å². The van der Waals surface area contributed by atoms with Crippen LogP contribution in [0.15, 0.2) is 0 Å². The van der Waals surface area contributed by atoms with Gasteiger partial charge in [-0.25, -0.2) is 4.79 Å². The zero-order valence-electron chi connectivity index (χ0n) is 27.0. The molecule has 0 aliphatic carbocycles. The summed E-state index contributed by atoms with van der Waals surface area (Å²) in [6.07, 6.45) is 5.37. The van der Waals surface area contributed by atoms with Gasteiger partial charge >= 0.3 is 159 Å². The third kappa shape index (κ3) is 17.9. The number of alkyl halides is 2. The molecule has 1 aliphatic rings. The molecule has 3 amide bonds. The molecule has 1 heterocycles. The van der Waals surface area contributed by atoms with Gasteiger partial charge in [-0.15, -0.1) is 0 Å². The van der Waals surface area contributed by atoms with Crippen LogP contribution >= 0.6 is 0 Å². The molecule has 0 radical (unpaired) electrons. The Hall–Kier alpha value is -0.660. The summed E-state index contributed by atoms with van der Waals surface area (Å²) >= 11 is 0.0858. The number of unbranched alkanes of at least 4 members (excludes halogenated alkanes) is 1. The number of carbonyl (C=O) groups excluding carboxylic acids is 3. The number of imide groups is 1. The first-order chi connectivity index (χ1) is 19.4. The Kier molecular flexibility index (Phi) is 19.8. The Morgan fingerprint density at radius 1 is 0.976 bits per heavy atom. The van der Waals surface area contributed by atoms with Crippen LogP contribution in [-0.4, -0.2) is 110 Å². The monoisotopic (exact) mass is 698 g/mol. The molecule has 2 atom stereocenters. The van der Waals surface area contributed by atoms with Crippen molar-refractivity contribution < 1.29 is 59.0 Å². The van der Waals surface area contributed by atoms with E-state index in [4.69, 9.17) is 18.9 Å². The van der Waals surface area contributed by atoms with Crippen LogP contribution in [0, 0.1) is 17.3 Å². The average molecular weight is 699 g/mol. The van der Waals surface area contributed by atoms with E-state index in [2.05, 4.69) is 27.7 Å². The number of nitrogens with zero attached hydrogens (tertiary/aromatic N) is 2. The second kappa shape index (κ2) is 21.1. The van der Waals surface area contributed by atoms with E-state index in [0.29, 0.717) is 50.9 Å². The Bertz CT molecular complexity index is 757. The number of ether oxygens (including phenoxy) is 4. The molecule has 242 valence electrons. The summed E-state index contributed by atoms with van der Waals surface area (Å²) in [6, 6.07) is 0. The summed E-state index contributed by atoms with van der Waals surface area (Å²) in [5, 5.41) is 0. The molecule has 0 spiro atoms. The fraction of sp³-hybridized carbons (Fsp3) is 0.903. The number of amides is 3. The summed E-state index contributed by atoms with van der Waals surface area (Å²) in [5.41, 5.74) is 0.389. The molecule has 1 fully saturated rings. The van der Waals surface area contributed by atoms with E-state index in [1.54, 1.807) is 6.92 Å². The van der Waals surface area contributed by atoms with E-state index < -0.39 is 0 Å². The van der Waals surface area contributed by atoms with Crippen molar-refractivity contribution in [2.75, 3.05) is 82.5 Å². The molecule has 0 aromatic heterocycles. The number of hydrogen-bond donors (Lipinski definition) is 0. The first-order valence-electron chi connectivity index (χ1n) is 15.4. The van der Waals surface area contributed by atoms with Gasteiger partial charge < -0.3 is 0 Å². The van der Waals surface area contributed by atoms with E-state index in [1.807, 2.05) is 14.1 Å². The van der Waals surface area contributed by atoms with Crippen molar-refractivity contribution >= 4 is 17.7 Å². The van der Waals surface area contributed by atoms with Gasteiger partial charge in [-0.1, -0.05) is 20.3 Å². The van der Waals surface area contributed by atoms with Gasteiger partial charge in [0, 0.05) is 18.9 Å². The first kappa shape index (κ1) is 38.4. The van der Waals surface area contributed by atoms with Crippen LogP contribution in [-0.2, 0) is 33.3 Å². The number of hydrogen-bond acceptors (Lipinski definition) is 7. The molecule has 0 aromatic rings. The number of likely N-dealkylation sites (tertiary alicyclic amines) is 1. The van der Waals surface area contributed by atoms with Gasteiger partial charge in [0.1, 0.15) is 0 Å². The summed E-state index contributed by atoms with van der Waals surface area (Å²) in [5.74, 6) is -0.317. The SMILES string of the molecule is CCCCOCCCC(COCCC[N+](C)(C)C(=O)CCN1C(=O)CC(C)C1=O)COCCOC[I-]CC(C)(C)C. The van der Waals surface area contributed by atoms with Gasteiger partial charge in [0.05, 0.1) is 20.5 Å². The van der Waals surface area contributed by atoms with Crippen LogP contribution in [0.2, 0.25) is 0 Å². The van der Waals surface area contributed by atoms with E-state index in [0.717, 1.165) is 49.9 Å². The molecule has 10 heteroatoms. The van der Waals surface area contributed by atoms with Crippen LogP contribution in [0.3, 0.4) is 0 Å². The number of halogens is 1. The minimum absolute atomic E-state index is 0.0160. The predicted molar refractivity (Wildman–Crippen MR) is 157 cm³/mol. The van der Waals surface area contributed by atoms with Crippen molar-refractivity contribution in [1.82, 2.24) is 4.90 Å². The van der Waals surface area contributed by atoms with Gasteiger partial charge in [0.25, 0.3) is 0 Å². The van der Waals surface area contributed by atoms with Crippen molar-refractivity contribution in [3.05, 3.63) is 0 Å². The van der Waals surface area contributed by atoms with Gasteiger partial charge in [0.15, 0.2) is 0 Å². The summed E-state index contributed by atoms with van der Waals surface area (Å²) < 4.78 is 25.8. The maximum atomic E-state index is 12.8. The standard InChI is InChI=1S/C31H59IN2O7/c1-8-9-16-38-17-10-12-27(23-40-19-20-41-25-32-24-31(3,4)5)22-39-18-11-15-34(6,7)29(36)13-14-33-28(35)21-26(2)30(33)37/h26-27H,8-25H2,1-7H3. The van der Waals surface area contributed by atoms with Crippen molar-refractivity contribution in [3.8, 4) is 0 Å². The minimum atomic E-state index is -0.280. The Labute approximate surface area is 260 Å². The summed E-state index contributed by atoms with van der Waals surface area (Å²) in [4.78, 5) is 38.2. The van der Waals surface area contributed by atoms with E-state index in [-0.39, 0.29) is 68.7 Å². The summed E-state index contributed by atoms with van der Waals surface area (Å²) in [6.45, 7) is 16.2. The van der Waals surface area contributed by atoms with E-state index in [9.17, 15) is 14.4 Å². The van der Waals surface area contributed by atoms with Crippen LogP contribution in [0.5, 0.6) is 0 Å². The zero-order valence-corrected chi connectivity index (χ0v) is 29.2. The van der Waals surface area contributed by atoms with Crippen LogP contribution < -0.4 is 21.2 Å². The van der Waals surface area contributed by atoms with E-state index in [1.165, 1.54) is 9.33 Å². The molecule has 0 N–H and O–H groups in total. The van der Waals surface area contributed by atoms with E-state index >= 15 is 0 Å². The van der Waals surface area contributed by atoms with Gasteiger partial charge in [-0.3, -0.25) is 19.0 Å². The average Bonchev–Trinajstić information content (AvgIpc) is 3.14. The number of quaternary nitrogens is 1. The van der Waals surface area contributed by atoms with Gasteiger partial charge in [-0.05, 0) is 6.42 Å². The van der Waals surface area contributed by atoms with Crippen LogP contribution in [0.25, 0.3) is 0 Å². The van der Waals surface area contributed by atoms with Crippen molar-refractivity contribution in [3.63, 3.8) is 0 Å². The molecular formula is C31H59IN2O7. The van der Waals surface area contributed by atoms with Crippen LogP contribution in [0.1, 0.15) is 79.6 Å². The Morgan fingerprint density at radius 2 is 1.61 bits per heavy atom. The number of rotatable bonds is 24. The molecule has 0 saturated carbocycles. The third-order valence-corrected chi connectivity index (χ3v) is 10.7. The second-order valence-electron chi connectivity index (χ2n) is 12.9. The third-order valence-electron chi connectivity index (χ3n) is 6.97. The molecular weight excluding hydrogens is 639 g/mol. The maximum absolute atomic E-state index is 12.8. The normalized spacial score (nSPS) is 17.1. The van der Waals surface area contributed by atoms with Crippen LogP contribution in [0.4, 0.5) is 0 Å². The molecule has 1 saturated heterocycles.